The van der Waals surface area contributed by atoms with E-state index in [-0.39, 0.29) is 11.6 Å². The van der Waals surface area contributed by atoms with E-state index in [1.165, 1.54) is 0 Å². The zero-order valence-electron chi connectivity index (χ0n) is 19.2. The molecule has 0 aliphatic carbocycles. The molecule has 4 rings (SSSR count). The SMILES string of the molecule is C=CCc1ccccc1C(=O)c1ccccc1.C=CCc1ccccc1C(=O)c1ccccc1. The Bertz CT molecular complexity index is 1150. The largest absolute Gasteiger partial charge is 0.289 e. The van der Waals surface area contributed by atoms with Gasteiger partial charge in [0.1, 0.15) is 0 Å². The second-order valence-electron chi connectivity index (χ2n) is 7.69. The van der Waals surface area contributed by atoms with Crippen LogP contribution in [-0.2, 0) is 12.8 Å². The highest BCUT2D eigenvalue weighted by Crippen LogP contribution is 2.16. The first kappa shape index (κ1) is 24.3. The predicted molar refractivity (Wildman–Crippen MR) is 140 cm³/mol. The van der Waals surface area contributed by atoms with Gasteiger partial charge in [-0.25, -0.2) is 0 Å². The molecular weight excluding hydrogens is 416 g/mol. The Balaban J connectivity index is 0.000000191. The predicted octanol–water partition coefficient (Wildman–Crippen LogP) is 7.29. The number of rotatable bonds is 8. The molecule has 0 amide bonds. The summed E-state index contributed by atoms with van der Waals surface area (Å²) in [5, 5.41) is 0. The van der Waals surface area contributed by atoms with Gasteiger partial charge in [-0.15, -0.1) is 13.2 Å². The number of ketones is 2. The fourth-order valence-electron chi connectivity index (χ4n) is 3.64. The summed E-state index contributed by atoms with van der Waals surface area (Å²) in [7, 11) is 0. The Morgan fingerprint density at radius 1 is 0.500 bits per heavy atom. The maximum Gasteiger partial charge on any atom is 0.193 e. The van der Waals surface area contributed by atoms with E-state index in [4.69, 9.17) is 0 Å². The van der Waals surface area contributed by atoms with Gasteiger partial charge in [0, 0.05) is 22.3 Å². The maximum absolute atomic E-state index is 12.3. The number of carbonyl (C=O) groups excluding carboxylic acids is 2. The van der Waals surface area contributed by atoms with Crippen LogP contribution >= 0.6 is 0 Å². The highest BCUT2D eigenvalue weighted by Gasteiger charge is 2.12. The fourth-order valence-corrected chi connectivity index (χ4v) is 3.64. The lowest BCUT2D eigenvalue weighted by molar-refractivity contribution is 0.103. The lowest BCUT2D eigenvalue weighted by Crippen LogP contribution is -2.04. The lowest BCUT2D eigenvalue weighted by atomic mass is 9.97. The molecule has 4 aromatic carbocycles. The summed E-state index contributed by atoms with van der Waals surface area (Å²) in [4.78, 5) is 24.6. The molecule has 0 saturated carbocycles. The third-order valence-electron chi connectivity index (χ3n) is 5.32. The zero-order valence-corrected chi connectivity index (χ0v) is 19.2. The zero-order chi connectivity index (χ0) is 24.2. The first-order valence-electron chi connectivity index (χ1n) is 11.2. The van der Waals surface area contributed by atoms with Crippen LogP contribution in [0.4, 0.5) is 0 Å². The fraction of sp³-hybridized carbons (Fsp3) is 0.0625. The quantitative estimate of drug-likeness (QED) is 0.211. The summed E-state index contributed by atoms with van der Waals surface area (Å²) in [6.07, 6.45) is 5.07. The van der Waals surface area contributed by atoms with Crippen LogP contribution in [0.15, 0.2) is 135 Å². The summed E-state index contributed by atoms with van der Waals surface area (Å²) in [6, 6.07) is 34.0. The third kappa shape index (κ3) is 6.36. The number of allylic oxidation sites excluding steroid dienone is 2. The Hall–Kier alpha value is -4.30. The molecule has 0 aliphatic rings. The molecule has 2 heteroatoms. The molecule has 0 spiro atoms. The van der Waals surface area contributed by atoms with Crippen molar-refractivity contribution in [2.75, 3.05) is 0 Å². The molecule has 0 unspecified atom stereocenters. The average molecular weight is 445 g/mol. The van der Waals surface area contributed by atoms with Crippen molar-refractivity contribution in [2.24, 2.45) is 0 Å². The van der Waals surface area contributed by atoms with Gasteiger partial charge in [0.25, 0.3) is 0 Å². The lowest BCUT2D eigenvalue weighted by Gasteiger charge is -2.06. The molecule has 0 aromatic heterocycles. The van der Waals surface area contributed by atoms with Gasteiger partial charge >= 0.3 is 0 Å². The Morgan fingerprint density at radius 3 is 1.18 bits per heavy atom. The van der Waals surface area contributed by atoms with E-state index < -0.39 is 0 Å². The molecule has 0 bridgehead atoms. The molecule has 34 heavy (non-hydrogen) atoms. The highest BCUT2D eigenvalue weighted by atomic mass is 16.1. The molecule has 0 saturated heterocycles. The van der Waals surface area contributed by atoms with Crippen molar-refractivity contribution in [2.45, 2.75) is 12.8 Å². The van der Waals surface area contributed by atoms with Crippen molar-refractivity contribution >= 4 is 11.6 Å². The standard InChI is InChI=1S/2C16H14O/c2*1-2-8-13-9-6-7-12-15(13)16(17)14-10-4-3-5-11-14/h2*2-7,9-12H,1,8H2. The van der Waals surface area contributed by atoms with E-state index >= 15 is 0 Å². The summed E-state index contributed by atoms with van der Waals surface area (Å²) in [5.41, 5.74) is 5.03. The first-order valence-corrected chi connectivity index (χ1v) is 11.2. The number of carbonyl (C=O) groups is 2. The van der Waals surface area contributed by atoms with Crippen molar-refractivity contribution in [3.8, 4) is 0 Å². The van der Waals surface area contributed by atoms with E-state index in [2.05, 4.69) is 13.2 Å². The average Bonchev–Trinajstić information content (AvgIpc) is 2.90. The van der Waals surface area contributed by atoms with Crippen LogP contribution in [0.2, 0.25) is 0 Å². The Kier molecular flexibility index (Phi) is 9.07. The molecule has 4 aromatic rings. The Labute approximate surface area is 201 Å². The van der Waals surface area contributed by atoms with Gasteiger partial charge < -0.3 is 0 Å². The highest BCUT2D eigenvalue weighted by molar-refractivity contribution is 6.10. The summed E-state index contributed by atoms with van der Waals surface area (Å²) in [6.45, 7) is 7.44. The van der Waals surface area contributed by atoms with Gasteiger partial charge in [-0.1, -0.05) is 121 Å². The molecule has 0 atom stereocenters. The number of hydrogen-bond acceptors (Lipinski definition) is 2. The summed E-state index contributed by atoms with van der Waals surface area (Å²) >= 11 is 0. The summed E-state index contributed by atoms with van der Waals surface area (Å²) < 4.78 is 0. The van der Waals surface area contributed by atoms with Crippen LogP contribution in [0.1, 0.15) is 43.0 Å². The van der Waals surface area contributed by atoms with E-state index in [9.17, 15) is 9.59 Å². The van der Waals surface area contributed by atoms with Crippen LogP contribution in [0.3, 0.4) is 0 Å². The van der Waals surface area contributed by atoms with E-state index in [0.29, 0.717) is 0 Å². The van der Waals surface area contributed by atoms with E-state index in [0.717, 1.165) is 46.2 Å². The minimum Gasteiger partial charge on any atom is -0.289 e. The second-order valence-corrected chi connectivity index (χ2v) is 7.69. The molecular formula is C32H28O2. The molecule has 0 aliphatic heterocycles. The van der Waals surface area contributed by atoms with Crippen molar-refractivity contribution in [1.29, 1.82) is 0 Å². The molecule has 0 N–H and O–H groups in total. The van der Waals surface area contributed by atoms with Crippen molar-refractivity contribution in [3.63, 3.8) is 0 Å². The molecule has 0 radical (unpaired) electrons. The van der Waals surface area contributed by atoms with Crippen LogP contribution in [-0.4, -0.2) is 11.6 Å². The number of hydrogen-bond donors (Lipinski definition) is 0. The van der Waals surface area contributed by atoms with Crippen LogP contribution in [0.25, 0.3) is 0 Å². The van der Waals surface area contributed by atoms with Gasteiger partial charge in [-0.05, 0) is 24.0 Å². The van der Waals surface area contributed by atoms with Gasteiger partial charge in [-0.3, -0.25) is 9.59 Å². The normalized spacial score (nSPS) is 9.88. The molecule has 0 heterocycles. The number of benzene rings is 4. The topological polar surface area (TPSA) is 34.1 Å². The van der Waals surface area contributed by atoms with E-state index in [1.807, 2.05) is 121 Å². The van der Waals surface area contributed by atoms with Gasteiger partial charge in [-0.2, -0.15) is 0 Å². The Morgan fingerprint density at radius 2 is 0.824 bits per heavy atom. The van der Waals surface area contributed by atoms with Crippen LogP contribution in [0.5, 0.6) is 0 Å². The summed E-state index contributed by atoms with van der Waals surface area (Å²) in [5.74, 6) is 0.145. The monoisotopic (exact) mass is 444 g/mol. The minimum atomic E-state index is 0.0723. The molecule has 2 nitrogen and oxygen atoms in total. The smallest absolute Gasteiger partial charge is 0.193 e. The third-order valence-corrected chi connectivity index (χ3v) is 5.32. The molecule has 0 fully saturated rings. The van der Waals surface area contributed by atoms with Crippen molar-refractivity contribution in [1.82, 2.24) is 0 Å². The maximum atomic E-state index is 12.3. The van der Waals surface area contributed by atoms with E-state index in [1.54, 1.807) is 0 Å². The van der Waals surface area contributed by atoms with Crippen LogP contribution in [0, 0.1) is 0 Å². The molecule has 168 valence electrons. The first-order chi connectivity index (χ1) is 16.7. The second kappa shape index (κ2) is 12.7. The van der Waals surface area contributed by atoms with Crippen molar-refractivity contribution < 1.29 is 9.59 Å². The van der Waals surface area contributed by atoms with Crippen LogP contribution < -0.4 is 0 Å². The minimum absolute atomic E-state index is 0.0723. The van der Waals surface area contributed by atoms with Crippen molar-refractivity contribution in [3.05, 3.63) is 168 Å². The van der Waals surface area contributed by atoms with Gasteiger partial charge in [0.2, 0.25) is 0 Å². The van der Waals surface area contributed by atoms with Gasteiger partial charge in [0.15, 0.2) is 11.6 Å². The van der Waals surface area contributed by atoms with Gasteiger partial charge in [0.05, 0.1) is 0 Å².